The molecular weight excluding hydrogens is 207 g/mol. The Morgan fingerprint density at radius 3 is 1.92 bits per heavy atom. The van der Waals surface area contributed by atoms with Crippen molar-refractivity contribution in [1.29, 1.82) is 10.5 Å². The molecule has 66 valence electrons. The van der Waals surface area contributed by atoms with Gasteiger partial charge in [0.1, 0.15) is 5.88 Å². The molecule has 0 unspecified atom stereocenters. The van der Waals surface area contributed by atoms with Gasteiger partial charge in [0.25, 0.3) is 0 Å². The van der Waals surface area contributed by atoms with Gasteiger partial charge in [0.2, 0.25) is 0 Å². The van der Waals surface area contributed by atoms with Gasteiger partial charge >= 0.3 is 0 Å². The van der Waals surface area contributed by atoms with Crippen LogP contribution in [0.1, 0.15) is 5.56 Å². The molecule has 0 aliphatic carbocycles. The molecule has 0 bridgehead atoms. The van der Waals surface area contributed by atoms with Crippen molar-refractivity contribution in [1.82, 2.24) is 0 Å². The Hall–Kier alpha value is -1.22. The highest BCUT2D eigenvalue weighted by atomic mass is 35.5. The third-order valence-corrected chi connectivity index (χ3v) is 1.40. The van der Waals surface area contributed by atoms with Crippen LogP contribution >= 0.6 is 23.2 Å². The molecule has 0 aromatic heterocycles. The number of halogens is 2. The zero-order valence-corrected chi connectivity index (χ0v) is 8.18. The van der Waals surface area contributed by atoms with Gasteiger partial charge in [0.05, 0.1) is 17.7 Å². The summed E-state index contributed by atoms with van der Waals surface area (Å²) in [5, 5.41) is 16.5. The molecule has 2 nitrogen and oxygen atoms in total. The summed E-state index contributed by atoms with van der Waals surface area (Å²) in [6.07, 6.45) is 0. The van der Waals surface area contributed by atoms with Crippen LogP contribution in [0.4, 0.5) is 0 Å². The van der Waals surface area contributed by atoms with Crippen LogP contribution in [-0.2, 0) is 0 Å². The molecular formula is C9H6Cl2N2. The van der Waals surface area contributed by atoms with Crippen molar-refractivity contribution in [2.75, 3.05) is 5.88 Å². The Morgan fingerprint density at radius 2 is 1.62 bits per heavy atom. The Morgan fingerprint density at radius 1 is 1.15 bits per heavy atom. The zero-order chi connectivity index (χ0) is 10.1. The SMILES string of the molecule is N#CCCl.N#Cc1ccc(Cl)cc1. The van der Waals surface area contributed by atoms with E-state index in [1.54, 1.807) is 30.3 Å². The summed E-state index contributed by atoms with van der Waals surface area (Å²) in [4.78, 5) is 0. The number of alkyl halides is 1. The fourth-order valence-corrected chi connectivity index (χ4v) is 0.650. The normalized spacial score (nSPS) is 7.38. The number of nitrogens with zero attached hydrogens (tertiary/aromatic N) is 2. The van der Waals surface area contributed by atoms with E-state index in [1.165, 1.54) is 0 Å². The molecule has 1 aromatic rings. The van der Waals surface area contributed by atoms with Crippen LogP contribution in [0.25, 0.3) is 0 Å². The van der Waals surface area contributed by atoms with E-state index in [1.807, 2.05) is 6.07 Å². The molecule has 0 amide bonds. The van der Waals surface area contributed by atoms with Gasteiger partial charge in [-0.2, -0.15) is 10.5 Å². The molecule has 13 heavy (non-hydrogen) atoms. The minimum atomic E-state index is 0.0972. The topological polar surface area (TPSA) is 47.6 Å². The standard InChI is InChI=1S/C7H4ClN.C2H2ClN/c8-7-3-1-6(5-9)2-4-7;3-1-2-4/h1-4H;1H2. The first-order chi connectivity index (χ1) is 6.24. The summed E-state index contributed by atoms with van der Waals surface area (Å²) in [5.74, 6) is 0.0972. The molecule has 0 saturated carbocycles. The maximum Gasteiger partial charge on any atom is 0.109 e. The highest BCUT2D eigenvalue weighted by Crippen LogP contribution is 2.07. The summed E-state index contributed by atoms with van der Waals surface area (Å²) in [6.45, 7) is 0. The maximum absolute atomic E-state index is 8.34. The summed E-state index contributed by atoms with van der Waals surface area (Å²) in [5.41, 5.74) is 0.638. The van der Waals surface area contributed by atoms with Gasteiger partial charge in [-0.05, 0) is 24.3 Å². The first-order valence-corrected chi connectivity index (χ1v) is 4.24. The third-order valence-electron chi connectivity index (χ3n) is 1.03. The number of hydrogen-bond acceptors (Lipinski definition) is 2. The van der Waals surface area contributed by atoms with Crippen LogP contribution in [-0.4, -0.2) is 5.88 Å². The van der Waals surface area contributed by atoms with Crippen molar-refractivity contribution in [2.24, 2.45) is 0 Å². The van der Waals surface area contributed by atoms with E-state index in [0.29, 0.717) is 10.6 Å². The van der Waals surface area contributed by atoms with Crippen molar-refractivity contribution in [3.8, 4) is 12.1 Å². The summed E-state index contributed by atoms with van der Waals surface area (Å²) >= 11 is 10.4. The van der Waals surface area contributed by atoms with Gasteiger partial charge in [-0.15, -0.1) is 11.6 Å². The molecule has 0 aliphatic rings. The predicted octanol–water partition coefficient (Wildman–Crippen LogP) is 2.96. The number of hydrogen-bond donors (Lipinski definition) is 0. The fourth-order valence-electron chi connectivity index (χ4n) is 0.524. The first kappa shape index (κ1) is 11.8. The van der Waals surface area contributed by atoms with Crippen molar-refractivity contribution < 1.29 is 0 Å². The van der Waals surface area contributed by atoms with Gasteiger partial charge in [-0.1, -0.05) is 11.6 Å². The van der Waals surface area contributed by atoms with Gasteiger partial charge in [0, 0.05) is 5.02 Å². The highest BCUT2D eigenvalue weighted by molar-refractivity contribution is 6.30. The molecule has 0 fully saturated rings. The fraction of sp³-hybridized carbons (Fsp3) is 0.111. The summed E-state index contributed by atoms with van der Waals surface area (Å²) in [7, 11) is 0. The molecule has 1 rings (SSSR count). The van der Waals surface area contributed by atoms with Gasteiger partial charge < -0.3 is 0 Å². The second kappa shape index (κ2) is 7.43. The molecule has 0 radical (unpaired) electrons. The van der Waals surface area contributed by atoms with E-state index in [4.69, 9.17) is 33.7 Å². The van der Waals surface area contributed by atoms with Gasteiger partial charge in [0.15, 0.2) is 0 Å². The molecule has 0 N–H and O–H groups in total. The van der Waals surface area contributed by atoms with Crippen molar-refractivity contribution >= 4 is 23.2 Å². The molecule has 4 heteroatoms. The van der Waals surface area contributed by atoms with E-state index in [9.17, 15) is 0 Å². The Kier molecular flexibility index (Phi) is 6.73. The number of nitriles is 2. The van der Waals surface area contributed by atoms with Crippen LogP contribution < -0.4 is 0 Å². The third kappa shape index (κ3) is 5.99. The van der Waals surface area contributed by atoms with Crippen LogP contribution in [0.3, 0.4) is 0 Å². The molecule has 0 atom stereocenters. The predicted molar refractivity (Wildman–Crippen MR) is 52.5 cm³/mol. The quantitative estimate of drug-likeness (QED) is 0.622. The van der Waals surface area contributed by atoms with E-state index < -0.39 is 0 Å². The highest BCUT2D eigenvalue weighted by Gasteiger charge is 1.86. The zero-order valence-electron chi connectivity index (χ0n) is 6.67. The van der Waals surface area contributed by atoms with Crippen LogP contribution in [0, 0.1) is 22.7 Å². The van der Waals surface area contributed by atoms with Crippen LogP contribution in [0.15, 0.2) is 24.3 Å². The molecule has 1 aromatic carbocycles. The van der Waals surface area contributed by atoms with E-state index in [2.05, 4.69) is 0 Å². The lowest BCUT2D eigenvalue weighted by Crippen LogP contribution is -1.69. The Bertz CT molecular complexity index is 319. The van der Waals surface area contributed by atoms with Crippen LogP contribution in [0.5, 0.6) is 0 Å². The number of benzene rings is 1. The van der Waals surface area contributed by atoms with E-state index in [-0.39, 0.29) is 5.88 Å². The lowest BCUT2D eigenvalue weighted by atomic mass is 10.2. The second-order valence-electron chi connectivity index (χ2n) is 1.91. The minimum Gasteiger partial charge on any atom is -0.197 e. The van der Waals surface area contributed by atoms with Crippen molar-refractivity contribution in [2.45, 2.75) is 0 Å². The largest absolute Gasteiger partial charge is 0.197 e. The Balaban J connectivity index is 0.000000310. The molecule has 0 spiro atoms. The van der Waals surface area contributed by atoms with E-state index >= 15 is 0 Å². The minimum absolute atomic E-state index is 0.0972. The van der Waals surface area contributed by atoms with Crippen molar-refractivity contribution in [3.05, 3.63) is 34.9 Å². The molecule has 0 aliphatic heterocycles. The maximum atomic E-state index is 8.34. The molecule has 0 saturated heterocycles. The lowest BCUT2D eigenvalue weighted by molar-refractivity contribution is 1.49. The van der Waals surface area contributed by atoms with E-state index in [0.717, 1.165) is 0 Å². The lowest BCUT2D eigenvalue weighted by Gasteiger charge is -1.86. The molecule has 0 heterocycles. The van der Waals surface area contributed by atoms with Crippen LogP contribution in [0.2, 0.25) is 5.02 Å². The first-order valence-electron chi connectivity index (χ1n) is 3.33. The number of rotatable bonds is 0. The van der Waals surface area contributed by atoms with Crippen molar-refractivity contribution in [3.63, 3.8) is 0 Å². The average molecular weight is 213 g/mol. The Labute approximate surface area is 86.9 Å². The summed E-state index contributed by atoms with van der Waals surface area (Å²) < 4.78 is 0. The average Bonchev–Trinajstić information content (AvgIpc) is 2.19. The smallest absolute Gasteiger partial charge is 0.109 e. The monoisotopic (exact) mass is 212 g/mol. The summed E-state index contributed by atoms with van der Waals surface area (Å²) in [6, 6.07) is 10.4. The second-order valence-corrected chi connectivity index (χ2v) is 2.61. The van der Waals surface area contributed by atoms with Gasteiger partial charge in [-0.3, -0.25) is 0 Å². The van der Waals surface area contributed by atoms with Gasteiger partial charge in [-0.25, -0.2) is 0 Å².